The summed E-state index contributed by atoms with van der Waals surface area (Å²) >= 11 is 0. The van der Waals surface area contributed by atoms with Crippen LogP contribution in [-0.2, 0) is 4.74 Å². The van der Waals surface area contributed by atoms with Crippen LogP contribution in [0.15, 0.2) is 30.5 Å². The number of hydrogen-bond donors (Lipinski definition) is 1. The molecule has 4 nitrogen and oxygen atoms in total. The molecule has 2 aromatic rings. The number of rotatable bonds is 2. The number of halogens is 1. The molecule has 1 saturated carbocycles. The molecule has 2 fully saturated rings. The van der Waals surface area contributed by atoms with Crippen LogP contribution in [0.5, 0.6) is 0 Å². The van der Waals surface area contributed by atoms with Crippen LogP contribution in [0.2, 0.25) is 0 Å². The fraction of sp³-hybridized carbons (Fsp3) is 0.474. The highest BCUT2D eigenvalue weighted by atomic mass is 19.1. The molecule has 1 unspecified atom stereocenters. The SMILES string of the molecule is O=C(NC1CCOC2(CCCC2)C1)c1cnc2ccc(F)cc2c1. The zero-order valence-corrected chi connectivity index (χ0v) is 13.6. The molecule has 1 N–H and O–H groups in total. The Morgan fingerprint density at radius 3 is 2.96 bits per heavy atom. The van der Waals surface area contributed by atoms with E-state index in [4.69, 9.17) is 4.74 Å². The number of benzene rings is 1. The molecule has 2 heterocycles. The predicted molar refractivity (Wildman–Crippen MR) is 89.3 cm³/mol. The Morgan fingerprint density at radius 1 is 1.29 bits per heavy atom. The van der Waals surface area contributed by atoms with Gasteiger partial charge in [-0.1, -0.05) is 12.8 Å². The van der Waals surface area contributed by atoms with E-state index in [0.29, 0.717) is 23.1 Å². The van der Waals surface area contributed by atoms with Gasteiger partial charge in [-0.15, -0.1) is 0 Å². The van der Waals surface area contributed by atoms with Gasteiger partial charge in [0.25, 0.3) is 5.91 Å². The smallest absolute Gasteiger partial charge is 0.253 e. The first kappa shape index (κ1) is 15.5. The first-order chi connectivity index (χ1) is 11.6. The topological polar surface area (TPSA) is 51.2 Å². The van der Waals surface area contributed by atoms with Gasteiger partial charge in [0.1, 0.15) is 5.82 Å². The van der Waals surface area contributed by atoms with E-state index in [1.54, 1.807) is 18.3 Å². The van der Waals surface area contributed by atoms with Crippen molar-refractivity contribution in [1.82, 2.24) is 10.3 Å². The van der Waals surface area contributed by atoms with Crippen LogP contribution in [0, 0.1) is 5.82 Å². The number of hydrogen-bond acceptors (Lipinski definition) is 3. The molecule has 5 heteroatoms. The monoisotopic (exact) mass is 328 g/mol. The standard InChI is InChI=1S/C19H21FN2O2/c20-15-3-4-17-13(10-15)9-14(12-21-17)18(23)22-16-5-8-24-19(11-16)6-1-2-7-19/h3-4,9-10,12,16H,1-2,5-8,11H2,(H,22,23). The molecule has 24 heavy (non-hydrogen) atoms. The third-order valence-electron chi connectivity index (χ3n) is 5.25. The van der Waals surface area contributed by atoms with E-state index in [-0.39, 0.29) is 23.4 Å². The van der Waals surface area contributed by atoms with Gasteiger partial charge in [-0.25, -0.2) is 4.39 Å². The number of amides is 1. The largest absolute Gasteiger partial charge is 0.375 e. The zero-order valence-electron chi connectivity index (χ0n) is 13.6. The summed E-state index contributed by atoms with van der Waals surface area (Å²) < 4.78 is 19.4. The summed E-state index contributed by atoms with van der Waals surface area (Å²) in [6.07, 6.45) is 7.88. The van der Waals surface area contributed by atoms with Gasteiger partial charge < -0.3 is 10.1 Å². The minimum Gasteiger partial charge on any atom is -0.375 e. The molecule has 1 aromatic carbocycles. The molecule has 1 atom stereocenters. The molecule has 2 aliphatic rings. The van der Waals surface area contributed by atoms with Crippen LogP contribution >= 0.6 is 0 Å². The average Bonchev–Trinajstić information content (AvgIpc) is 3.01. The molecular formula is C19H21FN2O2. The van der Waals surface area contributed by atoms with E-state index in [0.717, 1.165) is 25.7 Å². The third-order valence-corrected chi connectivity index (χ3v) is 5.25. The first-order valence-corrected chi connectivity index (χ1v) is 8.64. The minimum absolute atomic E-state index is 0.0268. The van der Waals surface area contributed by atoms with Gasteiger partial charge in [0, 0.05) is 24.2 Å². The van der Waals surface area contributed by atoms with Crippen molar-refractivity contribution in [2.45, 2.75) is 50.2 Å². The Kier molecular flexibility index (Phi) is 3.96. The number of aromatic nitrogens is 1. The Hall–Kier alpha value is -2.01. The quantitative estimate of drug-likeness (QED) is 0.916. The molecule has 126 valence electrons. The molecule has 1 saturated heterocycles. The fourth-order valence-electron chi connectivity index (χ4n) is 4.01. The van der Waals surface area contributed by atoms with E-state index in [9.17, 15) is 9.18 Å². The van der Waals surface area contributed by atoms with Crippen LogP contribution in [-0.4, -0.2) is 29.1 Å². The molecule has 1 aliphatic carbocycles. The number of fused-ring (bicyclic) bond motifs is 1. The van der Waals surface area contributed by atoms with Crippen molar-refractivity contribution in [2.75, 3.05) is 6.61 Å². The Balaban J connectivity index is 1.49. The molecule has 4 rings (SSSR count). The summed E-state index contributed by atoms with van der Waals surface area (Å²) in [7, 11) is 0. The van der Waals surface area contributed by atoms with Gasteiger partial charge in [0.15, 0.2) is 0 Å². The highest BCUT2D eigenvalue weighted by Crippen LogP contribution is 2.40. The minimum atomic E-state index is -0.325. The van der Waals surface area contributed by atoms with Crippen LogP contribution in [0.25, 0.3) is 10.9 Å². The maximum atomic E-state index is 13.4. The normalized spacial score (nSPS) is 22.8. The Morgan fingerprint density at radius 2 is 2.12 bits per heavy atom. The predicted octanol–water partition coefficient (Wildman–Crippen LogP) is 3.60. The van der Waals surface area contributed by atoms with Gasteiger partial charge in [0.2, 0.25) is 0 Å². The van der Waals surface area contributed by atoms with E-state index in [1.165, 1.54) is 25.0 Å². The number of pyridine rings is 1. The molecule has 0 radical (unpaired) electrons. The van der Waals surface area contributed by atoms with Crippen LogP contribution in [0.4, 0.5) is 4.39 Å². The average molecular weight is 328 g/mol. The van der Waals surface area contributed by atoms with Crippen molar-refractivity contribution < 1.29 is 13.9 Å². The number of carbonyl (C=O) groups excluding carboxylic acids is 1. The lowest BCUT2D eigenvalue weighted by atomic mass is 9.89. The highest BCUT2D eigenvalue weighted by molar-refractivity contribution is 5.97. The lowest BCUT2D eigenvalue weighted by Gasteiger charge is -2.38. The van der Waals surface area contributed by atoms with Gasteiger partial charge >= 0.3 is 0 Å². The van der Waals surface area contributed by atoms with Crippen LogP contribution in [0.1, 0.15) is 48.9 Å². The van der Waals surface area contributed by atoms with Crippen molar-refractivity contribution >= 4 is 16.8 Å². The summed E-state index contributed by atoms with van der Waals surface area (Å²) in [5.41, 5.74) is 1.13. The summed E-state index contributed by atoms with van der Waals surface area (Å²) in [4.78, 5) is 16.8. The van der Waals surface area contributed by atoms with Crippen LogP contribution < -0.4 is 5.32 Å². The Labute approximate surface area is 140 Å². The second kappa shape index (κ2) is 6.13. The van der Waals surface area contributed by atoms with E-state index in [1.807, 2.05) is 0 Å². The summed E-state index contributed by atoms with van der Waals surface area (Å²) in [5, 5.41) is 3.75. The maximum absolute atomic E-state index is 13.4. The van der Waals surface area contributed by atoms with Gasteiger partial charge in [0.05, 0.1) is 16.7 Å². The molecule has 0 bridgehead atoms. The van der Waals surface area contributed by atoms with Crippen molar-refractivity contribution in [3.05, 3.63) is 41.8 Å². The summed E-state index contributed by atoms with van der Waals surface area (Å²) in [6.45, 7) is 0.701. The lowest BCUT2D eigenvalue weighted by Crippen LogP contribution is -2.47. The first-order valence-electron chi connectivity index (χ1n) is 8.64. The second-order valence-corrected chi connectivity index (χ2v) is 6.96. The summed E-state index contributed by atoms with van der Waals surface area (Å²) in [5.74, 6) is -0.469. The maximum Gasteiger partial charge on any atom is 0.253 e. The second-order valence-electron chi connectivity index (χ2n) is 6.96. The fourth-order valence-corrected chi connectivity index (χ4v) is 4.01. The molecule has 1 spiro atoms. The van der Waals surface area contributed by atoms with Crippen molar-refractivity contribution in [3.8, 4) is 0 Å². The lowest BCUT2D eigenvalue weighted by molar-refractivity contribution is -0.0823. The van der Waals surface area contributed by atoms with Crippen molar-refractivity contribution in [2.24, 2.45) is 0 Å². The van der Waals surface area contributed by atoms with Crippen molar-refractivity contribution in [3.63, 3.8) is 0 Å². The van der Waals surface area contributed by atoms with Crippen LogP contribution in [0.3, 0.4) is 0 Å². The summed E-state index contributed by atoms with van der Waals surface area (Å²) in [6, 6.07) is 6.23. The molecule has 1 amide bonds. The number of ether oxygens (including phenoxy) is 1. The zero-order chi connectivity index (χ0) is 16.6. The number of carbonyl (C=O) groups is 1. The van der Waals surface area contributed by atoms with E-state index < -0.39 is 0 Å². The number of nitrogens with zero attached hydrogens (tertiary/aromatic N) is 1. The van der Waals surface area contributed by atoms with Gasteiger partial charge in [-0.05, 0) is 49.9 Å². The van der Waals surface area contributed by atoms with Gasteiger partial charge in [-0.2, -0.15) is 0 Å². The van der Waals surface area contributed by atoms with E-state index in [2.05, 4.69) is 10.3 Å². The molecule has 1 aromatic heterocycles. The van der Waals surface area contributed by atoms with Gasteiger partial charge in [-0.3, -0.25) is 9.78 Å². The third kappa shape index (κ3) is 3.00. The molecular weight excluding hydrogens is 307 g/mol. The van der Waals surface area contributed by atoms with E-state index >= 15 is 0 Å². The number of nitrogens with one attached hydrogen (secondary N) is 1. The Bertz CT molecular complexity index is 771. The highest BCUT2D eigenvalue weighted by Gasteiger charge is 2.40. The molecule has 1 aliphatic heterocycles. The van der Waals surface area contributed by atoms with Crippen molar-refractivity contribution in [1.29, 1.82) is 0 Å².